The number of benzene rings is 3. The molecule has 12 N–H and O–H groups in total. The van der Waals surface area contributed by atoms with Gasteiger partial charge < -0.3 is 61.3 Å². The first-order valence-corrected chi connectivity index (χ1v) is 24.3. The van der Waals surface area contributed by atoms with Gasteiger partial charge in [0.05, 0.1) is 44.5 Å². The zero-order chi connectivity index (χ0) is 49.6. The minimum atomic E-state index is -5.01. The van der Waals surface area contributed by atoms with Crippen LogP contribution in [0.4, 0.5) is 52.8 Å². The predicted molar refractivity (Wildman–Crippen MR) is 246 cm³/mol. The van der Waals surface area contributed by atoms with Crippen LogP contribution in [0.15, 0.2) is 75.4 Å². The van der Waals surface area contributed by atoms with Gasteiger partial charge in [-0.05, 0) is 59.7 Å². The summed E-state index contributed by atoms with van der Waals surface area (Å²) in [4.78, 5) is 28.5. The lowest BCUT2D eigenvalue weighted by atomic mass is 10.1. The standard InChI is InChI=1S/C38H48N12O15S3/c51-17-11-48(12-18-52)36-43-33(39-27-7-9-30(10-8-27)66(57,58)59)42-34(44-36)40-28-5-3-25(31(23-28)67(60,61)62)1-2-26-4-6-29(24-32(26)68(63,64)65)41-35-45-37(49(13-19-53)14-20-54)47-38(46-35)50(15-21-55)16-22-56/h1-10,23-24,51-56H,11-22H2,(H,57,58,59)(H,60,61,62)(H,63,64,65)(H,41,45,46,47)(H2,39,40,42,43,44). The average molecular weight is 1010 g/mol. The van der Waals surface area contributed by atoms with Crippen LogP contribution < -0.4 is 30.7 Å². The summed E-state index contributed by atoms with van der Waals surface area (Å²) in [6.07, 6.45) is 2.31. The molecule has 0 saturated heterocycles. The van der Waals surface area contributed by atoms with Crippen LogP contribution in [-0.4, -0.2) is 178 Å². The van der Waals surface area contributed by atoms with Gasteiger partial charge in [-0.3, -0.25) is 13.7 Å². The lowest BCUT2D eigenvalue weighted by molar-refractivity contribution is 0.278. The number of hydrogen-bond acceptors (Lipinski definition) is 24. The van der Waals surface area contributed by atoms with E-state index >= 15 is 0 Å². The summed E-state index contributed by atoms with van der Waals surface area (Å²) in [5.74, 6) is -0.659. The van der Waals surface area contributed by atoms with Gasteiger partial charge in [-0.15, -0.1) is 0 Å². The number of rotatable bonds is 26. The Labute approximate surface area is 389 Å². The van der Waals surface area contributed by atoms with E-state index in [-0.39, 0.29) is 148 Å². The molecule has 0 spiro atoms. The Kier molecular flexibility index (Phi) is 18.3. The van der Waals surface area contributed by atoms with E-state index in [1.54, 1.807) is 0 Å². The number of aliphatic hydroxyl groups excluding tert-OH is 6. The van der Waals surface area contributed by atoms with Crippen molar-refractivity contribution in [3.8, 4) is 0 Å². The first-order valence-electron chi connectivity index (χ1n) is 20.0. The Morgan fingerprint density at radius 2 is 0.721 bits per heavy atom. The third-order valence-corrected chi connectivity index (χ3v) is 11.9. The SMILES string of the molecule is O=S(=O)(O)c1ccc(Nc2nc(Nc3ccc(C=Cc4ccc(Nc5nc(N(CCO)CCO)nc(N(CCO)CCO)n5)cc4S(=O)(=O)O)c(S(=O)(=O)O)c3)nc(N(CCO)CCO)n2)cc1. The fourth-order valence-electron chi connectivity index (χ4n) is 6.19. The molecule has 30 heteroatoms. The molecule has 0 amide bonds. The Hall–Kier alpha value is -6.29. The van der Waals surface area contributed by atoms with Crippen molar-refractivity contribution in [2.75, 3.05) is 110 Å². The summed E-state index contributed by atoms with van der Waals surface area (Å²) in [5, 5.41) is 66.2. The van der Waals surface area contributed by atoms with Gasteiger partial charge >= 0.3 is 0 Å². The Balaban J connectivity index is 1.49. The quantitative estimate of drug-likeness (QED) is 0.0247. The molecule has 0 fully saturated rings. The topological polar surface area (TPSA) is 408 Å². The lowest BCUT2D eigenvalue weighted by Gasteiger charge is -2.25. The molecule has 368 valence electrons. The maximum atomic E-state index is 12.7. The van der Waals surface area contributed by atoms with Crippen LogP contribution in [0.25, 0.3) is 12.2 Å². The second kappa shape index (κ2) is 23.6. The zero-order valence-electron chi connectivity index (χ0n) is 35.6. The molecule has 2 heterocycles. The predicted octanol–water partition coefficient (Wildman–Crippen LogP) is -0.429. The largest absolute Gasteiger partial charge is 0.395 e. The second-order valence-corrected chi connectivity index (χ2v) is 18.2. The molecule has 0 unspecified atom stereocenters. The van der Waals surface area contributed by atoms with Gasteiger partial charge in [0.15, 0.2) is 0 Å². The molecule has 0 aliphatic carbocycles. The molecule has 5 aromatic rings. The van der Waals surface area contributed by atoms with E-state index in [2.05, 4.69) is 45.9 Å². The number of aliphatic hydroxyl groups is 6. The monoisotopic (exact) mass is 1010 g/mol. The number of nitrogens with zero attached hydrogens (tertiary/aromatic N) is 9. The van der Waals surface area contributed by atoms with Crippen LogP contribution in [0, 0.1) is 0 Å². The van der Waals surface area contributed by atoms with Crippen molar-refractivity contribution in [3.05, 3.63) is 71.8 Å². The van der Waals surface area contributed by atoms with Crippen molar-refractivity contribution in [1.82, 2.24) is 29.9 Å². The summed E-state index contributed by atoms with van der Waals surface area (Å²) in [6.45, 7) is -2.20. The van der Waals surface area contributed by atoms with Gasteiger partial charge in [-0.1, -0.05) is 24.3 Å². The molecule has 0 radical (unpaired) electrons. The third-order valence-electron chi connectivity index (χ3n) is 9.25. The molecule has 5 rings (SSSR count). The highest BCUT2D eigenvalue weighted by molar-refractivity contribution is 7.86. The van der Waals surface area contributed by atoms with Crippen LogP contribution >= 0.6 is 0 Å². The summed E-state index contributed by atoms with van der Waals surface area (Å²) >= 11 is 0. The van der Waals surface area contributed by atoms with Crippen molar-refractivity contribution in [2.24, 2.45) is 0 Å². The van der Waals surface area contributed by atoms with Crippen LogP contribution in [0.2, 0.25) is 0 Å². The summed E-state index contributed by atoms with van der Waals surface area (Å²) in [6, 6.07) is 12.1. The van der Waals surface area contributed by atoms with E-state index in [0.717, 1.165) is 36.4 Å². The third kappa shape index (κ3) is 14.6. The number of aromatic nitrogens is 6. The van der Waals surface area contributed by atoms with Gasteiger partial charge in [0, 0.05) is 56.3 Å². The normalized spacial score (nSPS) is 12.0. The van der Waals surface area contributed by atoms with E-state index in [1.807, 2.05) is 0 Å². The van der Waals surface area contributed by atoms with Crippen molar-refractivity contribution in [1.29, 1.82) is 0 Å². The minimum absolute atomic E-state index is 0.00312. The van der Waals surface area contributed by atoms with Gasteiger partial charge in [0.2, 0.25) is 35.7 Å². The van der Waals surface area contributed by atoms with Crippen molar-refractivity contribution >= 4 is 95.3 Å². The second-order valence-electron chi connectivity index (χ2n) is 14.0. The minimum Gasteiger partial charge on any atom is -0.395 e. The highest BCUT2D eigenvalue weighted by Gasteiger charge is 2.22. The van der Waals surface area contributed by atoms with E-state index in [1.165, 1.54) is 51.1 Å². The van der Waals surface area contributed by atoms with Gasteiger partial charge in [0.1, 0.15) is 9.79 Å². The van der Waals surface area contributed by atoms with Crippen molar-refractivity contribution < 1.29 is 69.6 Å². The molecule has 0 bridgehead atoms. The fourth-order valence-corrected chi connectivity index (χ4v) is 8.09. The Morgan fingerprint density at radius 1 is 0.412 bits per heavy atom. The van der Waals surface area contributed by atoms with Crippen LogP contribution in [-0.2, 0) is 30.4 Å². The highest BCUT2D eigenvalue weighted by Crippen LogP contribution is 2.29. The molecule has 2 aromatic heterocycles. The van der Waals surface area contributed by atoms with Crippen LogP contribution in [0.3, 0.4) is 0 Å². The Morgan fingerprint density at radius 3 is 1.04 bits per heavy atom. The molecule has 3 aromatic carbocycles. The first kappa shape index (κ1) is 52.7. The van der Waals surface area contributed by atoms with E-state index in [0.29, 0.717) is 0 Å². The molecular weight excluding hydrogens is 961 g/mol. The van der Waals surface area contributed by atoms with Crippen LogP contribution in [0.1, 0.15) is 11.1 Å². The lowest BCUT2D eigenvalue weighted by Crippen LogP contribution is -2.34. The van der Waals surface area contributed by atoms with Crippen LogP contribution in [0.5, 0.6) is 0 Å². The Bertz CT molecular complexity index is 2830. The molecular formula is C38H48N12O15S3. The van der Waals surface area contributed by atoms with E-state index in [4.69, 9.17) is 0 Å². The smallest absolute Gasteiger partial charge is 0.295 e. The molecule has 0 saturated carbocycles. The number of anilines is 9. The molecule has 0 aliphatic rings. The summed E-state index contributed by atoms with van der Waals surface area (Å²) in [7, 11) is -14.5. The maximum Gasteiger partial charge on any atom is 0.295 e. The summed E-state index contributed by atoms with van der Waals surface area (Å²) < 4.78 is 104. The average Bonchev–Trinajstić information content (AvgIpc) is 3.27. The van der Waals surface area contributed by atoms with Gasteiger partial charge in [-0.25, -0.2) is 0 Å². The zero-order valence-corrected chi connectivity index (χ0v) is 38.1. The first-order chi connectivity index (χ1) is 32.3. The molecule has 27 nitrogen and oxygen atoms in total. The van der Waals surface area contributed by atoms with Crippen molar-refractivity contribution in [3.63, 3.8) is 0 Å². The highest BCUT2D eigenvalue weighted by atomic mass is 32.2. The van der Waals surface area contributed by atoms with Gasteiger partial charge in [-0.2, -0.15) is 55.2 Å². The summed E-state index contributed by atoms with van der Waals surface area (Å²) in [5.41, 5.74) is -0.0200. The maximum absolute atomic E-state index is 12.7. The number of hydrogen-bond donors (Lipinski definition) is 12. The molecule has 0 aliphatic heterocycles. The van der Waals surface area contributed by atoms with E-state index in [9.17, 15) is 69.6 Å². The van der Waals surface area contributed by atoms with E-state index < -0.39 is 40.1 Å². The molecule has 0 atom stereocenters. The van der Waals surface area contributed by atoms with Crippen molar-refractivity contribution in [2.45, 2.75) is 14.7 Å². The molecule has 68 heavy (non-hydrogen) atoms. The van der Waals surface area contributed by atoms with Gasteiger partial charge in [0.25, 0.3) is 30.4 Å². The number of nitrogens with one attached hydrogen (secondary N) is 3. The fraction of sp³-hybridized carbons (Fsp3) is 0.316.